The van der Waals surface area contributed by atoms with Crippen LogP contribution in [0.4, 0.5) is 0 Å². The van der Waals surface area contributed by atoms with E-state index in [0.717, 1.165) is 0 Å². The van der Waals surface area contributed by atoms with Crippen molar-refractivity contribution < 1.29 is 0 Å². The first-order valence-corrected chi connectivity index (χ1v) is 8.66. The maximum absolute atomic E-state index is 2.20. The summed E-state index contributed by atoms with van der Waals surface area (Å²) in [4.78, 5) is 2.60. The van der Waals surface area contributed by atoms with Gasteiger partial charge in [-0.3, -0.25) is 0 Å². The third-order valence-corrected chi connectivity index (χ3v) is 5.68. The van der Waals surface area contributed by atoms with E-state index in [2.05, 4.69) is 91.0 Å². The summed E-state index contributed by atoms with van der Waals surface area (Å²) in [6.07, 6.45) is 0. The summed E-state index contributed by atoms with van der Waals surface area (Å²) >= 11 is 3.80. The minimum atomic E-state index is 0.357. The highest BCUT2D eigenvalue weighted by Crippen LogP contribution is 2.46. The van der Waals surface area contributed by atoms with Gasteiger partial charge in [-0.1, -0.05) is 66.7 Å². The average molecular weight is 308 g/mol. The Morgan fingerprint density at radius 3 is 1.29 bits per heavy atom. The number of thioether (sulfide) groups is 2. The second-order valence-electron chi connectivity index (χ2n) is 4.60. The van der Waals surface area contributed by atoms with Gasteiger partial charge in [0.1, 0.15) is 0 Å². The summed E-state index contributed by atoms with van der Waals surface area (Å²) < 4.78 is 0.357. The molecule has 0 saturated carbocycles. The van der Waals surface area contributed by atoms with Crippen LogP contribution in [0.15, 0.2) is 101 Å². The van der Waals surface area contributed by atoms with Crippen LogP contribution in [-0.2, 0) is 0 Å². The molecule has 3 aromatic rings. The Bertz CT molecular complexity index is 609. The molecule has 0 aliphatic heterocycles. The van der Waals surface area contributed by atoms with Crippen molar-refractivity contribution in [3.8, 4) is 0 Å². The third-order valence-electron chi connectivity index (χ3n) is 3.04. The summed E-state index contributed by atoms with van der Waals surface area (Å²) in [5.41, 5.74) is 1.35. The van der Waals surface area contributed by atoms with Crippen LogP contribution < -0.4 is 0 Å². The molecule has 0 aliphatic rings. The van der Waals surface area contributed by atoms with Crippen molar-refractivity contribution in [3.05, 3.63) is 96.6 Å². The predicted molar refractivity (Wildman–Crippen MR) is 93.8 cm³/mol. The van der Waals surface area contributed by atoms with Gasteiger partial charge in [0.2, 0.25) is 0 Å². The lowest BCUT2D eigenvalue weighted by molar-refractivity contribution is 1.33. The molecule has 0 N–H and O–H groups in total. The fourth-order valence-electron chi connectivity index (χ4n) is 2.02. The number of benzene rings is 3. The molecule has 2 heteroatoms. The van der Waals surface area contributed by atoms with E-state index < -0.39 is 0 Å². The summed E-state index contributed by atoms with van der Waals surface area (Å²) in [5.74, 6) is 0. The van der Waals surface area contributed by atoms with E-state index in [1.165, 1.54) is 15.4 Å². The van der Waals surface area contributed by atoms with Gasteiger partial charge < -0.3 is 0 Å². The third kappa shape index (κ3) is 4.16. The van der Waals surface area contributed by atoms with E-state index >= 15 is 0 Å². The Labute approximate surface area is 134 Å². The molecule has 0 spiro atoms. The van der Waals surface area contributed by atoms with Crippen LogP contribution in [0.3, 0.4) is 0 Å². The highest BCUT2D eigenvalue weighted by atomic mass is 32.2. The molecule has 0 aromatic heterocycles. The van der Waals surface area contributed by atoms with Gasteiger partial charge in [0.05, 0.1) is 4.58 Å². The lowest BCUT2D eigenvalue weighted by atomic mass is 10.2. The summed E-state index contributed by atoms with van der Waals surface area (Å²) in [6.45, 7) is 0. The largest absolute Gasteiger partial charge is 0.107 e. The first kappa shape index (κ1) is 14.3. The lowest BCUT2D eigenvalue weighted by Gasteiger charge is -2.16. The molecule has 0 fully saturated rings. The number of hydrogen-bond donors (Lipinski definition) is 0. The molecule has 0 nitrogen and oxygen atoms in total. The van der Waals surface area contributed by atoms with E-state index in [1.54, 1.807) is 0 Å². The second-order valence-corrected chi connectivity index (χ2v) is 7.26. The van der Waals surface area contributed by atoms with Gasteiger partial charge in [0.25, 0.3) is 0 Å². The van der Waals surface area contributed by atoms with Crippen molar-refractivity contribution in [1.82, 2.24) is 0 Å². The zero-order valence-electron chi connectivity index (χ0n) is 11.6. The molecular formula is C19H16S2. The standard InChI is InChI=1S/C19H16S2/c1-4-10-16(11-5-1)19(20-17-12-6-2-7-13-17)21-18-14-8-3-9-15-18/h1-15,19H. The minimum Gasteiger partial charge on any atom is -0.107 e. The highest BCUT2D eigenvalue weighted by Gasteiger charge is 2.14. The molecule has 0 heterocycles. The van der Waals surface area contributed by atoms with Crippen molar-refractivity contribution in [1.29, 1.82) is 0 Å². The molecular weight excluding hydrogens is 292 g/mol. The zero-order chi connectivity index (χ0) is 14.3. The fraction of sp³-hybridized carbons (Fsp3) is 0.0526. The molecule has 0 radical (unpaired) electrons. The van der Waals surface area contributed by atoms with Crippen molar-refractivity contribution in [2.75, 3.05) is 0 Å². The Morgan fingerprint density at radius 2 is 0.857 bits per heavy atom. The fourth-order valence-corrected chi connectivity index (χ4v) is 4.58. The van der Waals surface area contributed by atoms with Crippen LogP contribution in [0.2, 0.25) is 0 Å². The Balaban J connectivity index is 1.84. The first-order chi connectivity index (χ1) is 10.4. The van der Waals surface area contributed by atoms with E-state index in [9.17, 15) is 0 Å². The van der Waals surface area contributed by atoms with Gasteiger partial charge in [-0.05, 0) is 29.8 Å². The molecule has 0 atom stereocenters. The van der Waals surface area contributed by atoms with Crippen molar-refractivity contribution >= 4 is 23.5 Å². The molecule has 0 aliphatic carbocycles. The Kier molecular flexibility index (Phi) is 5.03. The van der Waals surface area contributed by atoms with Crippen LogP contribution in [-0.4, -0.2) is 0 Å². The maximum atomic E-state index is 2.20. The van der Waals surface area contributed by atoms with Gasteiger partial charge in [0.15, 0.2) is 0 Å². The quantitative estimate of drug-likeness (QED) is 0.402. The van der Waals surface area contributed by atoms with Crippen LogP contribution in [0.5, 0.6) is 0 Å². The van der Waals surface area contributed by atoms with Gasteiger partial charge >= 0.3 is 0 Å². The van der Waals surface area contributed by atoms with E-state index in [1.807, 2.05) is 23.5 Å². The van der Waals surface area contributed by atoms with Crippen molar-refractivity contribution in [3.63, 3.8) is 0 Å². The molecule has 0 unspecified atom stereocenters. The van der Waals surface area contributed by atoms with E-state index in [-0.39, 0.29) is 0 Å². The van der Waals surface area contributed by atoms with Gasteiger partial charge in [0, 0.05) is 9.79 Å². The molecule has 0 saturated heterocycles. The molecule has 3 aromatic carbocycles. The average Bonchev–Trinajstić information content (AvgIpc) is 2.57. The molecule has 104 valence electrons. The zero-order valence-corrected chi connectivity index (χ0v) is 13.2. The molecule has 0 bridgehead atoms. The monoisotopic (exact) mass is 308 g/mol. The number of rotatable bonds is 5. The second kappa shape index (κ2) is 7.39. The molecule has 0 amide bonds. The van der Waals surface area contributed by atoms with Crippen LogP contribution in [0.1, 0.15) is 10.1 Å². The van der Waals surface area contributed by atoms with Crippen molar-refractivity contribution in [2.45, 2.75) is 14.4 Å². The smallest absolute Gasteiger partial charge is 0.0845 e. The molecule has 3 rings (SSSR count). The van der Waals surface area contributed by atoms with Crippen LogP contribution in [0, 0.1) is 0 Å². The van der Waals surface area contributed by atoms with Crippen LogP contribution in [0.25, 0.3) is 0 Å². The van der Waals surface area contributed by atoms with Gasteiger partial charge in [-0.2, -0.15) is 0 Å². The predicted octanol–water partition coefficient (Wildman–Crippen LogP) is 6.27. The minimum absolute atomic E-state index is 0.357. The van der Waals surface area contributed by atoms with E-state index in [0.29, 0.717) is 4.58 Å². The summed E-state index contributed by atoms with van der Waals surface area (Å²) in [6, 6.07) is 31.9. The summed E-state index contributed by atoms with van der Waals surface area (Å²) in [5, 5.41) is 0. The lowest BCUT2D eigenvalue weighted by Crippen LogP contribution is -1.89. The highest BCUT2D eigenvalue weighted by molar-refractivity contribution is 8.16. The van der Waals surface area contributed by atoms with Gasteiger partial charge in [-0.25, -0.2) is 0 Å². The van der Waals surface area contributed by atoms with Gasteiger partial charge in [-0.15, -0.1) is 23.5 Å². The van der Waals surface area contributed by atoms with Crippen molar-refractivity contribution in [2.24, 2.45) is 0 Å². The Morgan fingerprint density at radius 1 is 0.476 bits per heavy atom. The first-order valence-electron chi connectivity index (χ1n) is 6.90. The molecule has 21 heavy (non-hydrogen) atoms. The normalized spacial score (nSPS) is 10.7. The van der Waals surface area contributed by atoms with E-state index in [4.69, 9.17) is 0 Å². The Hall–Kier alpha value is -1.64. The topological polar surface area (TPSA) is 0 Å². The maximum Gasteiger partial charge on any atom is 0.0845 e. The number of hydrogen-bond acceptors (Lipinski definition) is 2. The SMILES string of the molecule is c1ccc(SC(Sc2ccccc2)c2ccccc2)cc1. The summed E-state index contributed by atoms with van der Waals surface area (Å²) in [7, 11) is 0. The van der Waals surface area contributed by atoms with Crippen LogP contribution >= 0.6 is 23.5 Å².